The zero-order valence-electron chi connectivity index (χ0n) is 31.8. The van der Waals surface area contributed by atoms with Gasteiger partial charge in [-0.15, -0.1) is 0 Å². The number of hydrogen-bond acceptors (Lipinski definition) is 3. The van der Waals surface area contributed by atoms with E-state index >= 15 is 0 Å². The Hall–Kier alpha value is -7.76. The predicted molar refractivity (Wildman–Crippen MR) is 242 cm³/mol. The largest absolute Gasteiger partial charge is 0.436 e. The van der Waals surface area contributed by atoms with E-state index in [1.54, 1.807) is 0 Å². The summed E-state index contributed by atoms with van der Waals surface area (Å²) in [6, 6.07) is 59.6. The number of benzene rings is 7. The number of nitrogens with zero attached hydrogens (tertiary/aromatic N) is 4. The van der Waals surface area contributed by atoms with E-state index in [-0.39, 0.29) is 0 Å². The van der Waals surface area contributed by atoms with Crippen molar-refractivity contribution >= 4 is 67.1 Å². The fourth-order valence-corrected chi connectivity index (χ4v) is 8.64. The van der Waals surface area contributed by atoms with E-state index in [2.05, 4.69) is 162 Å². The molecule has 0 aliphatic carbocycles. The standard InChI is InChI=1S/C53H36N4O/c1-3-16-40-42-31-36(25-28-47(42)56(45(40)4-2)38-21-12-7-13-22-38)37-26-29-48-43(32-37)41-23-14-15-24-46(41)57(48)39-27-30-49-44(33-39)52-53(58-49)55-51(35-19-10-6-11-20-35)50(54-52)34-17-8-5-9-18-34/h3-33H,2H2,1H3/b16-3-. The third-order valence-corrected chi connectivity index (χ3v) is 11.2. The molecule has 5 heteroatoms. The molecule has 4 heterocycles. The van der Waals surface area contributed by atoms with E-state index in [4.69, 9.17) is 14.4 Å². The van der Waals surface area contributed by atoms with Crippen molar-refractivity contribution in [2.75, 3.05) is 0 Å². The van der Waals surface area contributed by atoms with Crippen molar-refractivity contribution in [2.45, 2.75) is 6.92 Å². The molecule has 0 saturated carbocycles. The molecule has 0 radical (unpaired) electrons. The van der Waals surface area contributed by atoms with Gasteiger partial charge in [0.05, 0.1) is 33.3 Å². The minimum absolute atomic E-state index is 0.520. The van der Waals surface area contributed by atoms with Gasteiger partial charge in [0.2, 0.25) is 5.71 Å². The summed E-state index contributed by atoms with van der Waals surface area (Å²) in [5.74, 6) is 0. The highest BCUT2D eigenvalue weighted by molar-refractivity contribution is 6.11. The molecule has 0 N–H and O–H groups in total. The van der Waals surface area contributed by atoms with E-state index in [0.29, 0.717) is 5.71 Å². The van der Waals surface area contributed by atoms with Crippen molar-refractivity contribution in [1.29, 1.82) is 0 Å². The SMILES string of the molecule is C=Cc1c(/C=C\C)c2cc(-c3ccc4c(c3)c3ccccc3n4-c3ccc4oc5nc(-c6ccccc6)c(-c6ccccc6)nc5c4c3)ccc2n1-c1ccccc1. The van der Waals surface area contributed by atoms with Crippen LogP contribution in [0.15, 0.2) is 187 Å². The van der Waals surface area contributed by atoms with Crippen LogP contribution in [-0.4, -0.2) is 19.1 Å². The number of rotatable bonds is 7. The van der Waals surface area contributed by atoms with Gasteiger partial charge in [-0.25, -0.2) is 9.97 Å². The van der Waals surface area contributed by atoms with E-state index in [9.17, 15) is 0 Å². The minimum atomic E-state index is 0.520. The summed E-state index contributed by atoms with van der Waals surface area (Å²) in [5, 5.41) is 4.49. The molecule has 5 nitrogen and oxygen atoms in total. The molecule has 0 spiro atoms. The minimum Gasteiger partial charge on any atom is -0.436 e. The molecule has 4 aromatic heterocycles. The van der Waals surface area contributed by atoms with Gasteiger partial charge in [0.25, 0.3) is 0 Å². The Morgan fingerprint density at radius 3 is 1.79 bits per heavy atom. The summed E-state index contributed by atoms with van der Waals surface area (Å²) in [4.78, 5) is 10.4. The van der Waals surface area contributed by atoms with Gasteiger partial charge in [-0.3, -0.25) is 0 Å². The molecule has 0 saturated heterocycles. The molecule has 274 valence electrons. The molecule has 11 rings (SSSR count). The topological polar surface area (TPSA) is 48.8 Å². The van der Waals surface area contributed by atoms with Gasteiger partial charge in [-0.1, -0.05) is 128 Å². The van der Waals surface area contributed by atoms with Crippen molar-refractivity contribution in [3.05, 3.63) is 194 Å². The molecule has 0 fully saturated rings. The summed E-state index contributed by atoms with van der Waals surface area (Å²) < 4.78 is 11.1. The maximum atomic E-state index is 6.42. The van der Waals surface area contributed by atoms with Gasteiger partial charge >= 0.3 is 0 Å². The van der Waals surface area contributed by atoms with Crippen molar-refractivity contribution in [3.63, 3.8) is 0 Å². The van der Waals surface area contributed by atoms with Gasteiger partial charge in [0.15, 0.2) is 0 Å². The third kappa shape index (κ3) is 5.25. The highest BCUT2D eigenvalue weighted by atomic mass is 16.3. The van der Waals surface area contributed by atoms with Crippen LogP contribution in [-0.2, 0) is 0 Å². The third-order valence-electron chi connectivity index (χ3n) is 11.2. The lowest BCUT2D eigenvalue weighted by Gasteiger charge is -2.10. The molecule has 7 aromatic carbocycles. The molecule has 0 amide bonds. The van der Waals surface area contributed by atoms with Gasteiger partial charge in [-0.2, -0.15) is 0 Å². The molecule has 11 aromatic rings. The second-order valence-electron chi connectivity index (χ2n) is 14.6. The summed E-state index contributed by atoms with van der Waals surface area (Å²) in [6.07, 6.45) is 6.25. The van der Waals surface area contributed by atoms with Gasteiger partial charge < -0.3 is 13.6 Å². The monoisotopic (exact) mass is 744 g/mol. The first kappa shape index (κ1) is 33.6. The zero-order chi connectivity index (χ0) is 38.7. The molecular weight excluding hydrogens is 709 g/mol. The van der Waals surface area contributed by atoms with Crippen LogP contribution in [0.3, 0.4) is 0 Å². The van der Waals surface area contributed by atoms with Gasteiger partial charge in [0.1, 0.15) is 16.8 Å². The Morgan fingerprint density at radius 2 is 1.10 bits per heavy atom. The quantitative estimate of drug-likeness (QED) is 0.163. The van der Waals surface area contributed by atoms with Crippen LogP contribution in [0.25, 0.3) is 112 Å². The maximum absolute atomic E-state index is 6.42. The van der Waals surface area contributed by atoms with Crippen LogP contribution in [0.5, 0.6) is 0 Å². The Kier molecular flexibility index (Phi) is 7.79. The van der Waals surface area contributed by atoms with Crippen LogP contribution in [0.4, 0.5) is 0 Å². The summed E-state index contributed by atoms with van der Waals surface area (Å²) in [6.45, 7) is 6.28. The Bertz CT molecular complexity index is 3410. The molecule has 0 unspecified atom stereocenters. The second-order valence-corrected chi connectivity index (χ2v) is 14.6. The van der Waals surface area contributed by atoms with Crippen LogP contribution < -0.4 is 0 Å². The summed E-state index contributed by atoms with van der Waals surface area (Å²) in [7, 11) is 0. The Balaban J connectivity index is 1.08. The molecule has 0 atom stereocenters. The van der Waals surface area contributed by atoms with E-state index < -0.39 is 0 Å². The number of hydrogen-bond donors (Lipinski definition) is 0. The lowest BCUT2D eigenvalue weighted by molar-refractivity contribution is 0.653. The summed E-state index contributed by atoms with van der Waals surface area (Å²) >= 11 is 0. The van der Waals surface area contributed by atoms with E-state index in [1.807, 2.05) is 48.5 Å². The van der Waals surface area contributed by atoms with Crippen molar-refractivity contribution in [2.24, 2.45) is 0 Å². The summed E-state index contributed by atoms with van der Waals surface area (Å²) in [5.41, 5.74) is 15.7. The van der Waals surface area contributed by atoms with Crippen LogP contribution >= 0.6 is 0 Å². The van der Waals surface area contributed by atoms with Gasteiger partial charge in [0, 0.05) is 44.2 Å². The highest BCUT2D eigenvalue weighted by Gasteiger charge is 2.21. The van der Waals surface area contributed by atoms with Crippen LogP contribution in [0.2, 0.25) is 0 Å². The zero-order valence-corrected chi connectivity index (χ0v) is 31.8. The average Bonchev–Trinajstić information content (AvgIpc) is 3.93. The fraction of sp³-hybridized carbons (Fsp3) is 0.0189. The maximum Gasteiger partial charge on any atom is 0.246 e. The number of para-hydroxylation sites is 2. The highest BCUT2D eigenvalue weighted by Crippen LogP contribution is 2.40. The number of aromatic nitrogens is 4. The number of furan rings is 1. The second kappa shape index (κ2) is 13.5. The fourth-order valence-electron chi connectivity index (χ4n) is 8.64. The van der Waals surface area contributed by atoms with Crippen molar-refractivity contribution in [1.82, 2.24) is 19.1 Å². The lowest BCUT2D eigenvalue weighted by atomic mass is 10.00. The lowest BCUT2D eigenvalue weighted by Crippen LogP contribution is -1.96. The first-order chi connectivity index (χ1) is 28.7. The van der Waals surface area contributed by atoms with E-state index in [1.165, 1.54) is 16.2 Å². The molecule has 0 aliphatic rings. The average molecular weight is 745 g/mol. The van der Waals surface area contributed by atoms with E-state index in [0.717, 1.165) is 89.3 Å². The Labute approximate surface area is 335 Å². The van der Waals surface area contributed by atoms with Crippen LogP contribution in [0, 0.1) is 0 Å². The molecule has 0 aliphatic heterocycles. The van der Waals surface area contributed by atoms with Crippen LogP contribution in [0.1, 0.15) is 18.2 Å². The number of allylic oxidation sites excluding steroid dienone is 1. The van der Waals surface area contributed by atoms with Crippen molar-refractivity contribution < 1.29 is 4.42 Å². The Morgan fingerprint density at radius 1 is 0.500 bits per heavy atom. The number of fused-ring (bicyclic) bond motifs is 7. The first-order valence-corrected chi connectivity index (χ1v) is 19.6. The van der Waals surface area contributed by atoms with Gasteiger partial charge in [-0.05, 0) is 84.8 Å². The molecular formula is C53H36N4O. The smallest absolute Gasteiger partial charge is 0.246 e. The molecule has 58 heavy (non-hydrogen) atoms. The normalized spacial score (nSPS) is 11.9. The predicted octanol–water partition coefficient (Wildman–Crippen LogP) is 14.1. The molecule has 0 bridgehead atoms. The van der Waals surface area contributed by atoms with Crippen molar-refractivity contribution in [3.8, 4) is 45.0 Å². The first-order valence-electron chi connectivity index (χ1n) is 19.6.